The second-order valence-electron chi connectivity index (χ2n) is 7.09. The molecule has 0 bridgehead atoms. The van der Waals surface area contributed by atoms with E-state index in [4.69, 9.17) is 0 Å². The van der Waals surface area contributed by atoms with Crippen LogP contribution in [0.3, 0.4) is 0 Å². The molecule has 3 nitrogen and oxygen atoms in total. The summed E-state index contributed by atoms with van der Waals surface area (Å²) in [6.07, 6.45) is 7.96. The lowest BCUT2D eigenvalue weighted by atomic mass is 9.71. The minimum Gasteiger partial charge on any atom is -0.389 e. The van der Waals surface area contributed by atoms with Gasteiger partial charge in [-0.3, -0.25) is 9.36 Å². The van der Waals surface area contributed by atoms with Gasteiger partial charge in [-0.2, -0.15) is 0 Å². The Bertz CT molecular complexity index is 871. The van der Waals surface area contributed by atoms with Crippen LogP contribution in [0.25, 0.3) is 10.8 Å². The number of hydrogen-bond acceptors (Lipinski definition) is 2. The van der Waals surface area contributed by atoms with Crippen molar-refractivity contribution in [1.82, 2.24) is 4.57 Å². The van der Waals surface area contributed by atoms with E-state index in [9.17, 15) is 9.90 Å². The van der Waals surface area contributed by atoms with Crippen LogP contribution in [0.1, 0.15) is 48.4 Å². The summed E-state index contributed by atoms with van der Waals surface area (Å²) in [4.78, 5) is 13.4. The Balaban J connectivity index is 1.89. The van der Waals surface area contributed by atoms with Crippen LogP contribution in [-0.2, 0) is 0 Å². The molecule has 3 aromatic rings. The van der Waals surface area contributed by atoms with Gasteiger partial charge in [-0.05, 0) is 41.3 Å². The van der Waals surface area contributed by atoms with Crippen molar-refractivity contribution in [3.8, 4) is 0 Å². The summed E-state index contributed by atoms with van der Waals surface area (Å²) in [5, 5.41) is 13.6. The molecule has 0 spiro atoms. The molecule has 1 saturated carbocycles. The van der Waals surface area contributed by atoms with Crippen molar-refractivity contribution in [2.45, 2.75) is 43.6 Å². The Morgan fingerprint density at radius 3 is 2.36 bits per heavy atom. The van der Waals surface area contributed by atoms with E-state index in [0.717, 1.165) is 35.6 Å². The highest BCUT2D eigenvalue weighted by molar-refractivity contribution is 5.94. The van der Waals surface area contributed by atoms with Gasteiger partial charge in [0, 0.05) is 12.4 Å². The summed E-state index contributed by atoms with van der Waals surface area (Å²) in [6.45, 7) is 0. The molecule has 1 aliphatic carbocycles. The first-order valence-electron chi connectivity index (χ1n) is 9.06. The van der Waals surface area contributed by atoms with Crippen LogP contribution in [0.5, 0.6) is 0 Å². The summed E-state index contributed by atoms with van der Waals surface area (Å²) in [5.41, 5.74) is -0.0507. The maximum Gasteiger partial charge on any atom is 0.241 e. The van der Waals surface area contributed by atoms with Gasteiger partial charge in [-0.1, -0.05) is 61.7 Å². The fourth-order valence-corrected chi connectivity index (χ4v) is 4.24. The van der Waals surface area contributed by atoms with Gasteiger partial charge in [-0.25, -0.2) is 0 Å². The summed E-state index contributed by atoms with van der Waals surface area (Å²) in [6, 6.07) is 17.8. The Labute approximate surface area is 147 Å². The minimum absolute atomic E-state index is 0.0502. The van der Waals surface area contributed by atoms with Crippen molar-refractivity contribution in [3.63, 3.8) is 0 Å². The molecule has 128 valence electrons. The Hall–Kier alpha value is -2.39. The average molecular weight is 333 g/mol. The van der Waals surface area contributed by atoms with Gasteiger partial charge < -0.3 is 5.11 Å². The molecular weight excluding hydrogens is 310 g/mol. The predicted octanol–water partition coefficient (Wildman–Crippen LogP) is 4.76. The Morgan fingerprint density at radius 2 is 1.60 bits per heavy atom. The van der Waals surface area contributed by atoms with E-state index < -0.39 is 11.5 Å². The van der Waals surface area contributed by atoms with Crippen LogP contribution >= 0.6 is 0 Å². The number of aliphatic hydroxyl groups is 1. The second kappa shape index (κ2) is 6.49. The first-order chi connectivity index (χ1) is 12.2. The van der Waals surface area contributed by atoms with Crippen molar-refractivity contribution in [2.75, 3.05) is 0 Å². The second-order valence-corrected chi connectivity index (χ2v) is 7.09. The molecule has 1 aliphatic rings. The van der Waals surface area contributed by atoms with Gasteiger partial charge in [0.15, 0.2) is 0 Å². The van der Waals surface area contributed by atoms with E-state index >= 15 is 0 Å². The minimum atomic E-state index is -0.982. The van der Waals surface area contributed by atoms with Crippen LogP contribution in [-0.4, -0.2) is 21.2 Å². The van der Waals surface area contributed by atoms with Crippen LogP contribution in [0.15, 0.2) is 67.0 Å². The zero-order valence-corrected chi connectivity index (χ0v) is 14.3. The summed E-state index contributed by atoms with van der Waals surface area (Å²) < 4.78 is 1.61. The van der Waals surface area contributed by atoms with Crippen molar-refractivity contribution in [1.29, 1.82) is 0 Å². The highest BCUT2D eigenvalue weighted by Crippen LogP contribution is 2.42. The zero-order valence-electron chi connectivity index (χ0n) is 14.3. The monoisotopic (exact) mass is 333 g/mol. The van der Waals surface area contributed by atoms with E-state index in [1.165, 1.54) is 0 Å². The number of nitrogens with zero attached hydrogens (tertiary/aromatic N) is 1. The smallest absolute Gasteiger partial charge is 0.241 e. The number of carbonyl (C=O) groups excluding carboxylic acids is 1. The highest BCUT2D eigenvalue weighted by Gasteiger charge is 2.44. The molecule has 2 aromatic carbocycles. The molecule has 3 heteroatoms. The van der Waals surface area contributed by atoms with Crippen molar-refractivity contribution in [2.24, 2.45) is 0 Å². The molecule has 1 atom stereocenters. The van der Waals surface area contributed by atoms with E-state index in [2.05, 4.69) is 12.1 Å². The van der Waals surface area contributed by atoms with Gasteiger partial charge in [0.25, 0.3) is 0 Å². The fourth-order valence-electron chi connectivity index (χ4n) is 4.24. The molecule has 1 aromatic heterocycles. The molecule has 4 rings (SSSR count). The number of fused-ring (bicyclic) bond motifs is 1. The summed E-state index contributed by atoms with van der Waals surface area (Å²) in [7, 11) is 0. The standard InChI is InChI=1S/C22H23NO2/c24-21(23-15-6-7-16-23)20(22(25)13-4-1-5-14-22)19-12-8-10-17-9-2-3-11-18(17)19/h2-3,6-12,15-16,20,25H,1,4-5,13-14H2. The number of benzene rings is 2. The number of hydrogen-bond donors (Lipinski definition) is 1. The van der Waals surface area contributed by atoms with Gasteiger partial charge >= 0.3 is 0 Å². The molecule has 0 saturated heterocycles. The zero-order chi connectivity index (χ0) is 17.3. The van der Waals surface area contributed by atoms with Gasteiger partial charge in [0.2, 0.25) is 5.91 Å². The topological polar surface area (TPSA) is 42.2 Å². The van der Waals surface area contributed by atoms with E-state index in [1.807, 2.05) is 42.5 Å². The molecule has 25 heavy (non-hydrogen) atoms. The lowest BCUT2D eigenvalue weighted by Gasteiger charge is -2.39. The highest BCUT2D eigenvalue weighted by atomic mass is 16.3. The first kappa shape index (κ1) is 16.1. The van der Waals surface area contributed by atoms with Crippen LogP contribution in [0.4, 0.5) is 0 Å². The largest absolute Gasteiger partial charge is 0.389 e. The van der Waals surface area contributed by atoms with Gasteiger partial charge in [-0.15, -0.1) is 0 Å². The van der Waals surface area contributed by atoms with Crippen LogP contribution in [0, 0.1) is 0 Å². The third-order valence-corrected chi connectivity index (χ3v) is 5.50. The lowest BCUT2D eigenvalue weighted by Crippen LogP contribution is -2.43. The van der Waals surface area contributed by atoms with Gasteiger partial charge in [0.1, 0.15) is 0 Å². The average Bonchev–Trinajstić information content (AvgIpc) is 3.17. The van der Waals surface area contributed by atoms with Crippen LogP contribution in [0.2, 0.25) is 0 Å². The molecular formula is C22H23NO2. The Morgan fingerprint density at radius 1 is 0.920 bits per heavy atom. The quantitative estimate of drug-likeness (QED) is 0.751. The van der Waals surface area contributed by atoms with Crippen molar-refractivity contribution >= 4 is 16.7 Å². The first-order valence-corrected chi connectivity index (χ1v) is 9.06. The summed E-state index contributed by atoms with van der Waals surface area (Å²) in [5.74, 6) is -0.600. The fraction of sp³-hybridized carbons (Fsp3) is 0.318. The molecule has 1 fully saturated rings. The lowest BCUT2D eigenvalue weighted by molar-refractivity contribution is -0.0178. The van der Waals surface area contributed by atoms with Crippen LogP contribution < -0.4 is 0 Å². The molecule has 0 amide bonds. The Kier molecular flexibility index (Phi) is 4.18. The third kappa shape index (κ3) is 2.89. The molecule has 1 heterocycles. The maximum absolute atomic E-state index is 13.4. The molecule has 0 aliphatic heterocycles. The van der Waals surface area contributed by atoms with Gasteiger partial charge in [0.05, 0.1) is 11.5 Å². The SMILES string of the molecule is O=C(C(c1cccc2ccccc12)C1(O)CCCCC1)n1cccc1. The summed E-state index contributed by atoms with van der Waals surface area (Å²) >= 11 is 0. The third-order valence-electron chi connectivity index (χ3n) is 5.50. The van der Waals surface area contributed by atoms with Crippen molar-refractivity contribution in [3.05, 3.63) is 72.6 Å². The van der Waals surface area contributed by atoms with E-state index in [-0.39, 0.29) is 5.91 Å². The normalized spacial score (nSPS) is 18.1. The predicted molar refractivity (Wildman–Crippen MR) is 99.8 cm³/mol. The van der Waals surface area contributed by atoms with Crippen molar-refractivity contribution < 1.29 is 9.90 Å². The molecule has 1 N–H and O–H groups in total. The van der Waals surface area contributed by atoms with E-state index in [1.54, 1.807) is 17.0 Å². The maximum atomic E-state index is 13.4. The molecule has 1 unspecified atom stereocenters. The molecule has 0 radical (unpaired) electrons. The number of rotatable bonds is 3. The number of carbonyl (C=O) groups is 1. The number of aromatic nitrogens is 1. The van der Waals surface area contributed by atoms with E-state index in [0.29, 0.717) is 12.8 Å².